The Kier molecular flexibility index (Phi) is 9.86. The Labute approximate surface area is 217 Å². The molecule has 0 aromatic carbocycles. The molecule has 34 heavy (non-hydrogen) atoms. The Bertz CT molecular complexity index is 889. The average molecular weight is 529 g/mol. The van der Waals surface area contributed by atoms with Crippen LogP contribution in [-0.4, -0.2) is 0 Å². The normalized spacial score (nSPS) is 15.8. The Balaban J connectivity index is 0.00000104. The summed E-state index contributed by atoms with van der Waals surface area (Å²) in [5, 5.41) is 0. The second kappa shape index (κ2) is 10.7. The van der Waals surface area contributed by atoms with Gasteiger partial charge in [-0.3, -0.25) is 0 Å². The molecule has 7 heteroatoms. The van der Waals surface area contributed by atoms with Crippen LogP contribution in [0.15, 0.2) is 39.7 Å². The summed E-state index contributed by atoms with van der Waals surface area (Å²) >= 11 is 3.92. The zero-order valence-corrected chi connectivity index (χ0v) is 25.1. The molecule has 1 aliphatic rings. The molecular weight excluding hydrogens is 488 g/mol. The van der Waals surface area contributed by atoms with E-state index >= 15 is 0 Å². The minimum Gasteiger partial charge on any atom is -0.222 e. The minimum atomic E-state index is -4.94. The van der Waals surface area contributed by atoms with Crippen LogP contribution >= 0.6 is 23.1 Å². The molecule has 0 saturated carbocycles. The Morgan fingerprint density at radius 3 is 1.24 bits per heavy atom. The zero-order valence-electron chi connectivity index (χ0n) is 22.7. The first-order valence-electron chi connectivity index (χ1n) is 11.3. The van der Waals surface area contributed by atoms with Gasteiger partial charge in [-0.1, -0.05) is 94.8 Å². The average Bonchev–Trinajstić information content (AvgIpc) is 2.56. The van der Waals surface area contributed by atoms with Gasteiger partial charge in [0, 0.05) is 23.0 Å². The van der Waals surface area contributed by atoms with Crippen LogP contribution in [0.1, 0.15) is 98.4 Å². The van der Waals surface area contributed by atoms with Crippen molar-refractivity contribution in [2.75, 3.05) is 0 Å². The number of thioether (sulfide) groups is 1. The van der Waals surface area contributed by atoms with Crippen molar-refractivity contribution in [3.63, 3.8) is 0 Å². The zero-order chi connectivity index (χ0) is 26.9. The van der Waals surface area contributed by atoms with E-state index in [1.165, 1.54) is 30.7 Å². The fourth-order valence-corrected chi connectivity index (χ4v) is 5.36. The lowest BCUT2D eigenvalue weighted by Gasteiger charge is -2.32. The van der Waals surface area contributed by atoms with Gasteiger partial charge in [0.25, 0.3) is 0 Å². The van der Waals surface area contributed by atoms with Crippen molar-refractivity contribution in [2.45, 2.75) is 93.9 Å². The van der Waals surface area contributed by atoms with Gasteiger partial charge < -0.3 is 0 Å². The highest BCUT2D eigenvalue weighted by atomic mass is 35.7. The molecule has 0 radical (unpaired) electrons. The van der Waals surface area contributed by atoms with Crippen molar-refractivity contribution in [3.05, 3.63) is 55.0 Å². The fourth-order valence-electron chi connectivity index (χ4n) is 2.88. The first-order chi connectivity index (χ1) is 14.9. The standard InChI is InChI=1S/C27H41S2.ClHO4/c1-24(2,3)20-14-18(15-21(28-20)25(4,5)6)13-19-16-22(26(7,8)9)29-23(17-19)27(10,11)12;2-1(3,4)5/h13-17H,1-12H3;(H,2,3,4,5)/q+1;/p-1. The Hall–Kier alpha value is -0.730. The Morgan fingerprint density at radius 2 is 0.971 bits per heavy atom. The first kappa shape index (κ1) is 31.3. The molecule has 2 heterocycles. The van der Waals surface area contributed by atoms with Gasteiger partial charge in [0.15, 0.2) is 0 Å². The molecule has 1 aliphatic heterocycles. The number of hydrogen-bond acceptors (Lipinski definition) is 5. The van der Waals surface area contributed by atoms with Crippen LogP contribution in [0.25, 0.3) is 6.08 Å². The van der Waals surface area contributed by atoms with E-state index in [-0.39, 0.29) is 21.7 Å². The molecule has 0 N–H and O–H groups in total. The molecule has 0 aliphatic carbocycles. The number of halogens is 1. The van der Waals surface area contributed by atoms with E-state index < -0.39 is 10.2 Å². The van der Waals surface area contributed by atoms with E-state index in [2.05, 4.69) is 113 Å². The van der Waals surface area contributed by atoms with Gasteiger partial charge in [0.05, 0.1) is 0 Å². The van der Waals surface area contributed by atoms with Gasteiger partial charge in [-0.15, -0.1) is 10.2 Å². The highest BCUT2D eigenvalue weighted by molar-refractivity contribution is 8.06. The molecule has 0 saturated heterocycles. The highest BCUT2D eigenvalue weighted by Crippen LogP contribution is 2.49. The number of hydrogen-bond donors (Lipinski definition) is 0. The van der Waals surface area contributed by atoms with Gasteiger partial charge in [-0.25, -0.2) is 18.6 Å². The van der Waals surface area contributed by atoms with E-state index in [1.54, 1.807) is 0 Å². The van der Waals surface area contributed by atoms with Crippen LogP contribution in [0.3, 0.4) is 0 Å². The lowest BCUT2D eigenvalue weighted by molar-refractivity contribution is -2.00. The van der Waals surface area contributed by atoms with E-state index in [0.29, 0.717) is 0 Å². The molecule has 0 fully saturated rings. The largest absolute Gasteiger partial charge is 0.222 e. The summed E-state index contributed by atoms with van der Waals surface area (Å²) in [6.07, 6.45) is 7.17. The second-order valence-electron chi connectivity index (χ2n) is 12.8. The molecular formula is C27H41ClO4S2. The second-order valence-corrected chi connectivity index (χ2v) is 15.7. The lowest BCUT2D eigenvalue weighted by atomic mass is 9.90. The molecule has 1 aromatic heterocycles. The summed E-state index contributed by atoms with van der Waals surface area (Å²) in [5.41, 5.74) is 3.24. The van der Waals surface area contributed by atoms with E-state index in [9.17, 15) is 0 Å². The summed E-state index contributed by atoms with van der Waals surface area (Å²) in [5.74, 6) is 0. The maximum Gasteiger partial charge on any atom is 0.219 e. The third-order valence-corrected chi connectivity index (χ3v) is 8.72. The molecule has 1 aromatic rings. The maximum atomic E-state index is 8.49. The van der Waals surface area contributed by atoms with Crippen molar-refractivity contribution in [2.24, 2.45) is 10.8 Å². The van der Waals surface area contributed by atoms with Gasteiger partial charge in [0.2, 0.25) is 21.1 Å². The molecule has 192 valence electrons. The van der Waals surface area contributed by atoms with Crippen molar-refractivity contribution in [1.29, 1.82) is 0 Å². The van der Waals surface area contributed by atoms with Crippen LogP contribution in [0.4, 0.5) is 0 Å². The van der Waals surface area contributed by atoms with Crippen LogP contribution in [0.2, 0.25) is 0 Å². The third-order valence-electron chi connectivity index (χ3n) is 4.92. The molecule has 0 spiro atoms. The van der Waals surface area contributed by atoms with Crippen molar-refractivity contribution in [1.82, 2.24) is 0 Å². The topological polar surface area (TPSA) is 92.2 Å². The quantitative estimate of drug-likeness (QED) is 0.485. The summed E-state index contributed by atoms with van der Waals surface area (Å²) in [7, 11) is -4.94. The van der Waals surface area contributed by atoms with Crippen LogP contribution < -0.4 is 18.6 Å². The predicted molar refractivity (Wildman–Crippen MR) is 137 cm³/mol. The molecule has 2 rings (SSSR count). The van der Waals surface area contributed by atoms with Crippen molar-refractivity contribution >= 4 is 29.2 Å². The number of allylic oxidation sites excluding steroid dienone is 5. The Morgan fingerprint density at radius 1 is 0.647 bits per heavy atom. The lowest BCUT2D eigenvalue weighted by Crippen LogP contribution is -2.68. The fraction of sp³-hybridized carbons (Fsp3) is 0.593. The third kappa shape index (κ3) is 10.9. The van der Waals surface area contributed by atoms with E-state index in [0.717, 1.165) is 0 Å². The van der Waals surface area contributed by atoms with Crippen LogP contribution in [0.5, 0.6) is 0 Å². The van der Waals surface area contributed by atoms with Crippen molar-refractivity contribution < 1.29 is 28.9 Å². The summed E-state index contributed by atoms with van der Waals surface area (Å²) in [4.78, 5) is 5.79. The number of rotatable bonds is 1. The summed E-state index contributed by atoms with van der Waals surface area (Å²) in [6.45, 7) is 27.8. The molecule has 0 amide bonds. The molecule has 4 nitrogen and oxygen atoms in total. The highest BCUT2D eigenvalue weighted by Gasteiger charge is 2.32. The van der Waals surface area contributed by atoms with Gasteiger partial charge >= 0.3 is 0 Å². The van der Waals surface area contributed by atoms with Gasteiger partial charge in [0.1, 0.15) is 0 Å². The summed E-state index contributed by atoms with van der Waals surface area (Å²) < 4.78 is 34.0. The maximum absolute atomic E-state index is 8.49. The summed E-state index contributed by atoms with van der Waals surface area (Å²) in [6, 6.07) is 4.79. The van der Waals surface area contributed by atoms with Crippen molar-refractivity contribution in [3.8, 4) is 0 Å². The predicted octanol–water partition coefficient (Wildman–Crippen LogP) is 4.86. The monoisotopic (exact) mass is 528 g/mol. The first-order valence-corrected chi connectivity index (χ1v) is 14.2. The van der Waals surface area contributed by atoms with Gasteiger partial charge in [-0.2, -0.15) is 0 Å². The van der Waals surface area contributed by atoms with Gasteiger partial charge in [-0.05, 0) is 50.0 Å². The smallest absolute Gasteiger partial charge is 0.219 e. The molecule has 0 unspecified atom stereocenters. The molecule has 0 atom stereocenters. The minimum absolute atomic E-state index is 0.153. The van der Waals surface area contributed by atoms with E-state index in [4.69, 9.17) is 18.6 Å². The van der Waals surface area contributed by atoms with Crippen LogP contribution in [-0.2, 0) is 10.8 Å². The molecule has 0 bridgehead atoms. The van der Waals surface area contributed by atoms with Crippen LogP contribution in [0, 0.1) is 21.1 Å². The van der Waals surface area contributed by atoms with E-state index in [1.807, 2.05) is 23.1 Å². The SMILES string of the molecule is CC(C)(C)C1=CC(=Cc2cc(C(C)(C)C)[s+]c(C(C)(C)C)c2)C=C(C(C)(C)C)S1.[O-][Cl+3]([O-])([O-])[O-].